The van der Waals surface area contributed by atoms with Gasteiger partial charge in [0.1, 0.15) is 5.01 Å². The van der Waals surface area contributed by atoms with Crippen molar-refractivity contribution in [3.8, 4) is 11.3 Å². The van der Waals surface area contributed by atoms with E-state index in [1.165, 1.54) is 16.7 Å². The van der Waals surface area contributed by atoms with E-state index in [9.17, 15) is 0 Å². The van der Waals surface area contributed by atoms with Crippen LogP contribution in [0, 0.1) is 20.8 Å². The summed E-state index contributed by atoms with van der Waals surface area (Å²) in [6.07, 6.45) is 0. The van der Waals surface area contributed by atoms with Crippen LogP contribution in [0.5, 0.6) is 0 Å². The van der Waals surface area contributed by atoms with Gasteiger partial charge in [-0.3, -0.25) is 4.99 Å². The van der Waals surface area contributed by atoms with Gasteiger partial charge in [-0.2, -0.15) is 0 Å². The monoisotopic (exact) mass is 320 g/mol. The highest BCUT2D eigenvalue weighted by molar-refractivity contribution is 7.12. The maximum Gasteiger partial charge on any atom is 0.138 e. The summed E-state index contributed by atoms with van der Waals surface area (Å²) in [5, 5.41) is 3.07. The van der Waals surface area contributed by atoms with E-state index < -0.39 is 0 Å². The van der Waals surface area contributed by atoms with Crippen molar-refractivity contribution >= 4 is 22.7 Å². The third-order valence-corrected chi connectivity index (χ3v) is 4.98. The Balaban J connectivity index is 1.91. The lowest BCUT2D eigenvalue weighted by atomic mass is 10.1. The summed E-state index contributed by atoms with van der Waals surface area (Å²) >= 11 is 1.64. The van der Waals surface area contributed by atoms with Crippen LogP contribution in [-0.2, 0) is 0 Å². The Hall–Kier alpha value is -2.26. The summed E-state index contributed by atoms with van der Waals surface area (Å²) in [6.45, 7) is 8.35. The first-order chi connectivity index (χ1) is 11.0. The van der Waals surface area contributed by atoms with Gasteiger partial charge in [0.2, 0.25) is 0 Å². The number of nitrogens with zero attached hydrogens (tertiary/aromatic N) is 2. The maximum atomic E-state index is 4.78. The molecular weight excluding hydrogens is 300 g/mol. The molecule has 0 aliphatic rings. The second-order valence-corrected chi connectivity index (χ2v) is 6.68. The van der Waals surface area contributed by atoms with Crippen molar-refractivity contribution in [1.29, 1.82) is 0 Å². The Morgan fingerprint density at radius 2 is 1.74 bits per heavy atom. The highest BCUT2D eigenvalue weighted by atomic mass is 32.1. The van der Waals surface area contributed by atoms with Crippen LogP contribution in [0.3, 0.4) is 0 Å². The first-order valence-electron chi connectivity index (χ1n) is 7.69. The van der Waals surface area contributed by atoms with E-state index in [0.29, 0.717) is 0 Å². The molecule has 3 aromatic rings. The summed E-state index contributed by atoms with van der Waals surface area (Å²) in [5.41, 5.74) is 7.90. The number of hydrogen-bond donors (Lipinski definition) is 0. The highest BCUT2D eigenvalue weighted by Gasteiger charge is 2.08. The summed E-state index contributed by atoms with van der Waals surface area (Å²) in [7, 11) is 0. The largest absolute Gasteiger partial charge is 0.250 e. The minimum absolute atomic E-state index is 0.960. The molecule has 0 fully saturated rings. The van der Waals surface area contributed by atoms with Gasteiger partial charge in [0, 0.05) is 10.9 Å². The first kappa shape index (κ1) is 15.6. The lowest BCUT2D eigenvalue weighted by molar-refractivity contribution is 1.30. The predicted molar refractivity (Wildman–Crippen MR) is 100 cm³/mol. The molecule has 0 radical (unpaired) electrons. The van der Waals surface area contributed by atoms with Crippen molar-refractivity contribution in [2.75, 3.05) is 0 Å². The van der Waals surface area contributed by atoms with Gasteiger partial charge in [-0.25, -0.2) is 4.98 Å². The van der Waals surface area contributed by atoms with Crippen molar-refractivity contribution in [3.05, 3.63) is 69.5 Å². The molecule has 0 atom stereocenters. The van der Waals surface area contributed by atoms with Gasteiger partial charge in [0.15, 0.2) is 0 Å². The van der Waals surface area contributed by atoms with Crippen molar-refractivity contribution < 1.29 is 0 Å². The van der Waals surface area contributed by atoms with E-state index in [1.807, 2.05) is 13.0 Å². The van der Waals surface area contributed by atoms with E-state index >= 15 is 0 Å². The Labute approximate surface area is 141 Å². The fourth-order valence-corrected chi connectivity index (χ4v) is 3.16. The Morgan fingerprint density at radius 1 is 1.00 bits per heavy atom. The van der Waals surface area contributed by atoms with Crippen LogP contribution in [-0.4, -0.2) is 10.7 Å². The lowest BCUT2D eigenvalue weighted by Gasteiger charge is -2.04. The molecule has 3 heteroatoms. The molecule has 1 aromatic heterocycles. The molecule has 0 N–H and O–H groups in total. The average Bonchev–Trinajstić information content (AvgIpc) is 3.02. The zero-order chi connectivity index (χ0) is 16.4. The second kappa shape index (κ2) is 6.47. The minimum atomic E-state index is 0.960. The third-order valence-electron chi connectivity index (χ3n) is 4.03. The molecule has 0 amide bonds. The Kier molecular flexibility index (Phi) is 4.39. The molecule has 2 aromatic carbocycles. The molecule has 3 rings (SSSR count). The second-order valence-electron chi connectivity index (χ2n) is 5.82. The average molecular weight is 320 g/mol. The Bertz CT molecular complexity index is 858. The van der Waals surface area contributed by atoms with Crippen LogP contribution >= 0.6 is 11.3 Å². The highest BCUT2D eigenvalue weighted by Crippen LogP contribution is 2.25. The number of thiazole rings is 1. The number of aryl methyl sites for hydroxylation is 2. The topological polar surface area (TPSA) is 25.2 Å². The number of benzene rings is 2. The number of aliphatic imine (C=N–C) groups is 1. The summed E-state index contributed by atoms with van der Waals surface area (Å²) in [4.78, 5) is 9.52. The third kappa shape index (κ3) is 3.40. The summed E-state index contributed by atoms with van der Waals surface area (Å²) in [6, 6.07) is 14.7. The molecule has 0 aliphatic heterocycles. The SMILES string of the molecule is CC(=Nc1cccc(C)c1C)c1nc(-c2ccc(C)cc2)cs1. The molecular formula is C20H20N2S. The lowest BCUT2D eigenvalue weighted by Crippen LogP contribution is -1.94. The quantitative estimate of drug-likeness (QED) is 0.553. The number of rotatable bonds is 3. The fraction of sp³-hybridized carbons (Fsp3) is 0.200. The van der Waals surface area contributed by atoms with E-state index in [-0.39, 0.29) is 0 Å². The fourth-order valence-electron chi connectivity index (χ4n) is 2.38. The maximum absolute atomic E-state index is 4.78. The molecule has 0 aliphatic carbocycles. The van der Waals surface area contributed by atoms with Crippen molar-refractivity contribution in [3.63, 3.8) is 0 Å². The van der Waals surface area contributed by atoms with Crippen LogP contribution in [0.2, 0.25) is 0 Å². The molecule has 0 unspecified atom stereocenters. The predicted octanol–water partition coefficient (Wildman–Crippen LogP) is 5.88. The van der Waals surface area contributed by atoms with Gasteiger partial charge in [0.05, 0.1) is 17.1 Å². The smallest absolute Gasteiger partial charge is 0.138 e. The molecule has 0 saturated heterocycles. The number of hydrogen-bond acceptors (Lipinski definition) is 3. The van der Waals surface area contributed by atoms with E-state index in [1.54, 1.807) is 11.3 Å². The molecule has 0 bridgehead atoms. The van der Waals surface area contributed by atoms with Crippen LogP contribution in [0.15, 0.2) is 52.8 Å². The minimum Gasteiger partial charge on any atom is -0.250 e. The normalized spacial score (nSPS) is 11.7. The first-order valence-corrected chi connectivity index (χ1v) is 8.57. The van der Waals surface area contributed by atoms with E-state index in [2.05, 4.69) is 62.5 Å². The molecule has 1 heterocycles. The zero-order valence-electron chi connectivity index (χ0n) is 13.9. The molecule has 0 saturated carbocycles. The zero-order valence-corrected chi connectivity index (χ0v) is 14.7. The van der Waals surface area contributed by atoms with E-state index in [4.69, 9.17) is 9.98 Å². The number of aromatic nitrogens is 1. The van der Waals surface area contributed by atoms with E-state index in [0.717, 1.165) is 27.7 Å². The van der Waals surface area contributed by atoms with Crippen LogP contribution < -0.4 is 0 Å². The Morgan fingerprint density at radius 3 is 2.48 bits per heavy atom. The van der Waals surface area contributed by atoms with Crippen molar-refractivity contribution in [2.24, 2.45) is 4.99 Å². The molecule has 23 heavy (non-hydrogen) atoms. The van der Waals surface area contributed by atoms with Crippen molar-refractivity contribution in [2.45, 2.75) is 27.7 Å². The molecule has 116 valence electrons. The van der Waals surface area contributed by atoms with Gasteiger partial charge in [-0.15, -0.1) is 11.3 Å². The van der Waals surface area contributed by atoms with Gasteiger partial charge in [-0.05, 0) is 44.9 Å². The van der Waals surface area contributed by atoms with Gasteiger partial charge < -0.3 is 0 Å². The standard InChI is InChI=1S/C20H20N2S/c1-13-8-10-17(11-9-13)19-12-23-20(22-19)16(4)21-18-7-5-6-14(2)15(18)3/h5-12H,1-4H3. The van der Waals surface area contributed by atoms with Crippen LogP contribution in [0.1, 0.15) is 28.6 Å². The molecule has 0 spiro atoms. The van der Waals surface area contributed by atoms with Gasteiger partial charge >= 0.3 is 0 Å². The van der Waals surface area contributed by atoms with Gasteiger partial charge in [0.25, 0.3) is 0 Å². The summed E-state index contributed by atoms with van der Waals surface area (Å²) in [5.74, 6) is 0. The van der Waals surface area contributed by atoms with Crippen LogP contribution in [0.4, 0.5) is 5.69 Å². The summed E-state index contributed by atoms with van der Waals surface area (Å²) < 4.78 is 0. The molecule has 2 nitrogen and oxygen atoms in total. The van der Waals surface area contributed by atoms with Gasteiger partial charge in [-0.1, -0.05) is 42.0 Å². The van der Waals surface area contributed by atoms with Crippen LogP contribution in [0.25, 0.3) is 11.3 Å². The van der Waals surface area contributed by atoms with Crippen molar-refractivity contribution in [1.82, 2.24) is 4.98 Å².